The third-order valence-electron chi connectivity index (χ3n) is 5.13. The van der Waals surface area contributed by atoms with Gasteiger partial charge in [0.1, 0.15) is 5.75 Å². The highest BCUT2D eigenvalue weighted by Gasteiger charge is 2.24. The Morgan fingerprint density at radius 3 is 2.35 bits per heavy atom. The van der Waals surface area contributed by atoms with Gasteiger partial charge in [0.05, 0.1) is 12.7 Å². The van der Waals surface area contributed by atoms with Gasteiger partial charge in [-0.15, -0.1) is 0 Å². The SMILES string of the molecule is COc1ccccc1C(=O)N1CCCN(C(=O)CCNC(=O)Nc2ccccc2)CC1. The number of amides is 4. The maximum atomic E-state index is 12.9. The van der Waals surface area contributed by atoms with Gasteiger partial charge < -0.3 is 25.2 Å². The Morgan fingerprint density at radius 2 is 1.58 bits per heavy atom. The molecule has 164 valence electrons. The molecule has 8 heteroatoms. The molecule has 4 amide bonds. The van der Waals surface area contributed by atoms with Crippen molar-refractivity contribution < 1.29 is 19.1 Å². The number of ether oxygens (including phenoxy) is 1. The van der Waals surface area contributed by atoms with Crippen molar-refractivity contribution in [3.8, 4) is 5.75 Å². The molecule has 1 fully saturated rings. The maximum absolute atomic E-state index is 12.9. The lowest BCUT2D eigenvalue weighted by Crippen LogP contribution is -2.39. The van der Waals surface area contributed by atoms with Crippen molar-refractivity contribution in [2.75, 3.05) is 45.2 Å². The van der Waals surface area contributed by atoms with Crippen LogP contribution in [0, 0.1) is 0 Å². The highest BCUT2D eigenvalue weighted by atomic mass is 16.5. The smallest absolute Gasteiger partial charge is 0.319 e. The average Bonchev–Trinajstić information content (AvgIpc) is 3.05. The second-order valence-electron chi connectivity index (χ2n) is 7.22. The quantitative estimate of drug-likeness (QED) is 0.746. The summed E-state index contributed by atoms with van der Waals surface area (Å²) < 4.78 is 5.30. The van der Waals surface area contributed by atoms with Crippen molar-refractivity contribution in [2.24, 2.45) is 0 Å². The van der Waals surface area contributed by atoms with Crippen LogP contribution in [0.1, 0.15) is 23.2 Å². The van der Waals surface area contributed by atoms with Gasteiger partial charge in [-0.1, -0.05) is 30.3 Å². The average molecular weight is 425 g/mol. The minimum absolute atomic E-state index is 0.0356. The van der Waals surface area contributed by atoms with E-state index in [1.54, 1.807) is 41.2 Å². The lowest BCUT2D eigenvalue weighted by molar-refractivity contribution is -0.130. The lowest BCUT2D eigenvalue weighted by Gasteiger charge is -2.23. The summed E-state index contributed by atoms with van der Waals surface area (Å²) in [5.74, 6) is 0.419. The van der Waals surface area contributed by atoms with Crippen LogP contribution in [0.4, 0.5) is 10.5 Å². The van der Waals surface area contributed by atoms with Crippen molar-refractivity contribution in [2.45, 2.75) is 12.8 Å². The number of carbonyl (C=O) groups excluding carboxylic acids is 3. The Labute approximate surface area is 182 Å². The summed E-state index contributed by atoms with van der Waals surface area (Å²) >= 11 is 0. The van der Waals surface area contributed by atoms with E-state index >= 15 is 0 Å². The Hall–Kier alpha value is -3.55. The van der Waals surface area contributed by atoms with E-state index in [0.29, 0.717) is 49.6 Å². The summed E-state index contributed by atoms with van der Waals surface area (Å²) in [5, 5.41) is 5.42. The van der Waals surface area contributed by atoms with Crippen LogP contribution in [0.15, 0.2) is 54.6 Å². The number of rotatable bonds is 6. The van der Waals surface area contributed by atoms with Crippen molar-refractivity contribution in [1.29, 1.82) is 0 Å². The summed E-state index contributed by atoms with van der Waals surface area (Å²) in [7, 11) is 1.54. The predicted molar refractivity (Wildman–Crippen MR) is 118 cm³/mol. The topological polar surface area (TPSA) is 91.0 Å². The number of nitrogens with one attached hydrogen (secondary N) is 2. The first kappa shape index (κ1) is 22.1. The first-order valence-corrected chi connectivity index (χ1v) is 10.4. The van der Waals surface area contributed by atoms with Gasteiger partial charge in [-0.25, -0.2) is 4.79 Å². The van der Waals surface area contributed by atoms with Crippen LogP contribution in [-0.4, -0.2) is 67.5 Å². The highest BCUT2D eigenvalue weighted by molar-refractivity contribution is 5.97. The van der Waals surface area contributed by atoms with E-state index in [-0.39, 0.29) is 30.8 Å². The summed E-state index contributed by atoms with van der Waals surface area (Å²) in [6, 6.07) is 15.9. The predicted octanol–water partition coefficient (Wildman–Crippen LogP) is 2.58. The van der Waals surface area contributed by atoms with Gasteiger partial charge in [0.2, 0.25) is 5.91 Å². The molecule has 3 rings (SSSR count). The van der Waals surface area contributed by atoms with Gasteiger partial charge in [-0.3, -0.25) is 9.59 Å². The summed E-state index contributed by atoms with van der Waals surface area (Å²) in [4.78, 5) is 40.9. The van der Waals surface area contributed by atoms with Crippen LogP contribution in [0.2, 0.25) is 0 Å². The number of methoxy groups -OCH3 is 1. The van der Waals surface area contributed by atoms with Crippen LogP contribution in [0.25, 0.3) is 0 Å². The van der Waals surface area contributed by atoms with E-state index in [1.165, 1.54) is 0 Å². The number of anilines is 1. The number of hydrogen-bond acceptors (Lipinski definition) is 4. The molecule has 0 bridgehead atoms. The molecular formula is C23H28N4O4. The van der Waals surface area contributed by atoms with E-state index in [0.717, 1.165) is 0 Å². The van der Waals surface area contributed by atoms with Crippen LogP contribution < -0.4 is 15.4 Å². The summed E-state index contributed by atoms with van der Waals surface area (Å²) in [5.41, 5.74) is 1.22. The van der Waals surface area contributed by atoms with Crippen LogP contribution >= 0.6 is 0 Å². The third kappa shape index (κ3) is 6.21. The van der Waals surface area contributed by atoms with E-state index in [9.17, 15) is 14.4 Å². The van der Waals surface area contributed by atoms with Gasteiger partial charge in [-0.05, 0) is 30.7 Å². The van der Waals surface area contributed by atoms with Crippen LogP contribution in [0.5, 0.6) is 5.75 Å². The molecule has 0 unspecified atom stereocenters. The standard InChI is InChI=1S/C23H28N4O4/c1-31-20-11-6-5-10-19(20)22(29)27-15-7-14-26(16-17-27)21(28)12-13-24-23(30)25-18-8-3-2-4-9-18/h2-6,8-11H,7,12-17H2,1H3,(H2,24,25,30). The molecule has 0 aromatic heterocycles. The Morgan fingerprint density at radius 1 is 0.903 bits per heavy atom. The van der Waals surface area contributed by atoms with Crippen molar-refractivity contribution in [3.63, 3.8) is 0 Å². The van der Waals surface area contributed by atoms with Gasteiger partial charge in [0, 0.05) is 44.8 Å². The molecule has 1 saturated heterocycles. The van der Waals surface area contributed by atoms with Gasteiger partial charge >= 0.3 is 6.03 Å². The fourth-order valence-corrected chi connectivity index (χ4v) is 3.50. The number of carbonyl (C=O) groups is 3. The lowest BCUT2D eigenvalue weighted by atomic mass is 10.1. The molecule has 0 spiro atoms. The molecule has 1 heterocycles. The molecule has 2 aromatic rings. The molecular weight excluding hydrogens is 396 g/mol. The highest BCUT2D eigenvalue weighted by Crippen LogP contribution is 2.20. The maximum Gasteiger partial charge on any atom is 0.319 e. The molecule has 31 heavy (non-hydrogen) atoms. The summed E-state index contributed by atoms with van der Waals surface area (Å²) in [6.45, 7) is 2.35. The van der Waals surface area contributed by atoms with E-state index in [4.69, 9.17) is 4.74 Å². The minimum atomic E-state index is -0.344. The first-order valence-electron chi connectivity index (χ1n) is 10.4. The molecule has 2 N–H and O–H groups in total. The number of benzene rings is 2. The number of para-hydroxylation sites is 2. The second kappa shape index (κ2) is 11.0. The van der Waals surface area contributed by atoms with E-state index < -0.39 is 0 Å². The summed E-state index contributed by atoms with van der Waals surface area (Å²) in [6.07, 6.45) is 0.914. The molecule has 1 aliphatic rings. The van der Waals surface area contributed by atoms with E-state index in [2.05, 4.69) is 10.6 Å². The Bertz CT molecular complexity index is 903. The van der Waals surface area contributed by atoms with Gasteiger partial charge in [0.15, 0.2) is 0 Å². The molecule has 0 saturated carbocycles. The van der Waals surface area contributed by atoms with Gasteiger partial charge in [0.25, 0.3) is 5.91 Å². The largest absolute Gasteiger partial charge is 0.496 e. The second-order valence-corrected chi connectivity index (χ2v) is 7.22. The Balaban J connectivity index is 1.45. The first-order chi connectivity index (χ1) is 15.1. The molecule has 0 aliphatic carbocycles. The van der Waals surface area contributed by atoms with Crippen molar-refractivity contribution in [3.05, 3.63) is 60.2 Å². The van der Waals surface area contributed by atoms with Crippen molar-refractivity contribution in [1.82, 2.24) is 15.1 Å². The van der Waals surface area contributed by atoms with Gasteiger partial charge in [-0.2, -0.15) is 0 Å². The molecule has 2 aromatic carbocycles. The Kier molecular flexibility index (Phi) is 7.86. The van der Waals surface area contributed by atoms with Crippen LogP contribution in [0.3, 0.4) is 0 Å². The van der Waals surface area contributed by atoms with E-state index in [1.807, 2.05) is 30.3 Å². The van der Waals surface area contributed by atoms with Crippen LogP contribution in [-0.2, 0) is 4.79 Å². The molecule has 1 aliphatic heterocycles. The fourth-order valence-electron chi connectivity index (χ4n) is 3.50. The zero-order valence-corrected chi connectivity index (χ0v) is 17.7. The van der Waals surface area contributed by atoms with Crippen molar-refractivity contribution >= 4 is 23.5 Å². The third-order valence-corrected chi connectivity index (χ3v) is 5.13. The molecule has 8 nitrogen and oxygen atoms in total. The number of hydrogen-bond donors (Lipinski definition) is 2. The minimum Gasteiger partial charge on any atom is -0.496 e. The normalized spacial score (nSPS) is 13.8. The number of urea groups is 1. The number of nitrogens with zero attached hydrogens (tertiary/aromatic N) is 2. The zero-order chi connectivity index (χ0) is 22.1. The fraction of sp³-hybridized carbons (Fsp3) is 0.348. The molecule has 0 radical (unpaired) electrons. The monoisotopic (exact) mass is 424 g/mol. The zero-order valence-electron chi connectivity index (χ0n) is 17.7. The molecule has 0 atom stereocenters.